The Morgan fingerprint density at radius 3 is 2.12 bits per heavy atom. The number of esters is 2. The van der Waals surface area contributed by atoms with E-state index in [1.165, 1.54) is 14.0 Å². The Labute approximate surface area is 105 Å². The molecule has 0 bridgehead atoms. The summed E-state index contributed by atoms with van der Waals surface area (Å²) in [6.07, 6.45) is 0. The average Bonchev–Trinajstić information content (AvgIpc) is 2.28. The summed E-state index contributed by atoms with van der Waals surface area (Å²) >= 11 is 0.887. The maximum Gasteiger partial charge on any atom is 0.333 e. The molecule has 1 atom stereocenters. The molecule has 0 heterocycles. The van der Waals surface area contributed by atoms with Crippen molar-refractivity contribution in [1.29, 1.82) is 0 Å². The summed E-state index contributed by atoms with van der Waals surface area (Å²) < 4.78 is 13.1. The van der Waals surface area contributed by atoms with E-state index >= 15 is 0 Å². The number of ether oxygens (including phenoxy) is 3. The van der Waals surface area contributed by atoms with Gasteiger partial charge in [0.05, 0.1) is 20.3 Å². The van der Waals surface area contributed by atoms with Crippen LogP contribution in [0, 0.1) is 0 Å². The number of rotatable bonds is 7. The molecule has 0 radical (unpaired) electrons. The van der Waals surface area contributed by atoms with Gasteiger partial charge in [0.1, 0.15) is 5.09 Å². The molecule has 98 valence electrons. The lowest BCUT2D eigenvalue weighted by molar-refractivity contribution is -0.156. The summed E-state index contributed by atoms with van der Waals surface area (Å²) in [5, 5.41) is 0.272. The van der Waals surface area contributed by atoms with E-state index in [0.29, 0.717) is 6.61 Å². The van der Waals surface area contributed by atoms with E-state index in [-0.39, 0.29) is 11.7 Å². The molecule has 0 aromatic heterocycles. The van der Waals surface area contributed by atoms with Crippen molar-refractivity contribution in [3.05, 3.63) is 11.7 Å². The lowest BCUT2D eigenvalue weighted by Gasteiger charge is -2.24. The Balaban J connectivity index is 4.91. The molecule has 1 unspecified atom stereocenters. The summed E-state index contributed by atoms with van der Waals surface area (Å²) in [4.78, 5) is 23.4. The van der Waals surface area contributed by atoms with Crippen LogP contribution in [0.15, 0.2) is 11.7 Å². The Bertz CT molecular complexity index is 302. The number of methoxy groups -OCH3 is 1. The van der Waals surface area contributed by atoms with Crippen molar-refractivity contribution in [1.82, 2.24) is 0 Å². The van der Waals surface area contributed by atoms with Gasteiger partial charge in [-0.2, -0.15) is 0 Å². The fourth-order valence-electron chi connectivity index (χ4n) is 1.05. The van der Waals surface area contributed by atoms with E-state index in [2.05, 4.69) is 11.3 Å². The lowest BCUT2D eigenvalue weighted by atomic mass is 10.2. The maximum absolute atomic E-state index is 11.8. The van der Waals surface area contributed by atoms with Gasteiger partial charge in [0, 0.05) is 0 Å². The highest BCUT2D eigenvalue weighted by Gasteiger charge is 2.46. The molecule has 17 heavy (non-hydrogen) atoms. The topological polar surface area (TPSA) is 61.8 Å². The predicted octanol–water partition coefficient (Wildman–Crippen LogP) is 1.72. The minimum absolute atomic E-state index is 0.188. The van der Waals surface area contributed by atoms with Gasteiger partial charge in [-0.1, -0.05) is 11.8 Å². The first kappa shape index (κ1) is 15.8. The van der Waals surface area contributed by atoms with Crippen molar-refractivity contribution in [2.24, 2.45) is 0 Å². The van der Waals surface area contributed by atoms with Crippen molar-refractivity contribution in [2.75, 3.05) is 20.3 Å². The summed E-state index contributed by atoms with van der Waals surface area (Å²) in [6.45, 7) is 9.08. The first-order valence-corrected chi connectivity index (χ1v) is 6.00. The second-order valence-electron chi connectivity index (χ2n) is 3.15. The van der Waals surface area contributed by atoms with Gasteiger partial charge >= 0.3 is 11.9 Å². The van der Waals surface area contributed by atoms with Gasteiger partial charge in [0.25, 0.3) is 0 Å². The van der Waals surface area contributed by atoms with Crippen LogP contribution in [0.4, 0.5) is 0 Å². The molecule has 0 spiro atoms. The molecular weight excluding hydrogens is 244 g/mol. The van der Waals surface area contributed by atoms with Crippen LogP contribution in [0.25, 0.3) is 0 Å². The van der Waals surface area contributed by atoms with Crippen LogP contribution in [-0.4, -0.2) is 37.0 Å². The van der Waals surface area contributed by atoms with Gasteiger partial charge in [0.15, 0.2) is 0 Å². The largest absolute Gasteiger partial charge is 0.488 e. The predicted molar refractivity (Wildman–Crippen MR) is 65.4 cm³/mol. The molecule has 0 saturated carbocycles. The standard InChI is InChI=1S/C11H18O5S/c1-6-15-8(3)17-11(4,9(12)14-5)10(13)16-7-2/h3,6-7H2,1-2,4-5H3. The quantitative estimate of drug-likeness (QED) is 0.395. The van der Waals surface area contributed by atoms with E-state index in [1.54, 1.807) is 13.8 Å². The molecule has 0 amide bonds. The van der Waals surface area contributed by atoms with Gasteiger partial charge in [-0.05, 0) is 27.4 Å². The first-order chi connectivity index (χ1) is 7.92. The molecule has 0 aliphatic rings. The zero-order chi connectivity index (χ0) is 13.5. The summed E-state index contributed by atoms with van der Waals surface area (Å²) in [5.41, 5.74) is 0. The van der Waals surface area contributed by atoms with Gasteiger partial charge in [-0.15, -0.1) is 0 Å². The first-order valence-electron chi connectivity index (χ1n) is 5.18. The average molecular weight is 262 g/mol. The van der Waals surface area contributed by atoms with E-state index in [0.717, 1.165) is 11.8 Å². The van der Waals surface area contributed by atoms with Gasteiger partial charge in [-0.3, -0.25) is 0 Å². The lowest BCUT2D eigenvalue weighted by Crippen LogP contribution is -2.43. The van der Waals surface area contributed by atoms with Crippen molar-refractivity contribution < 1.29 is 23.8 Å². The van der Waals surface area contributed by atoms with E-state index in [1.807, 2.05) is 0 Å². The van der Waals surface area contributed by atoms with Crippen molar-refractivity contribution in [2.45, 2.75) is 25.5 Å². The Morgan fingerprint density at radius 2 is 1.71 bits per heavy atom. The van der Waals surface area contributed by atoms with Gasteiger partial charge < -0.3 is 14.2 Å². The second kappa shape index (κ2) is 7.21. The normalized spacial score (nSPS) is 13.4. The molecule has 5 nitrogen and oxygen atoms in total. The zero-order valence-electron chi connectivity index (χ0n) is 10.6. The van der Waals surface area contributed by atoms with Gasteiger partial charge in [-0.25, -0.2) is 9.59 Å². The molecule has 0 fully saturated rings. The van der Waals surface area contributed by atoms with Crippen molar-refractivity contribution >= 4 is 23.7 Å². The minimum atomic E-state index is -1.49. The fourth-order valence-corrected chi connectivity index (χ4v) is 1.99. The SMILES string of the molecule is C=C(OCC)SC(C)(C(=O)OC)C(=O)OCC. The van der Waals surface area contributed by atoms with Crippen molar-refractivity contribution in [3.63, 3.8) is 0 Å². The number of thioether (sulfide) groups is 1. The second-order valence-corrected chi connectivity index (χ2v) is 4.63. The van der Waals surface area contributed by atoms with Crippen molar-refractivity contribution in [3.8, 4) is 0 Å². The van der Waals surface area contributed by atoms with Crippen LogP contribution in [0.5, 0.6) is 0 Å². The third kappa shape index (κ3) is 4.30. The highest BCUT2D eigenvalue weighted by molar-refractivity contribution is 8.05. The number of carbonyl (C=O) groups is 2. The van der Waals surface area contributed by atoms with Crippen LogP contribution < -0.4 is 0 Å². The van der Waals surface area contributed by atoms with E-state index in [4.69, 9.17) is 9.47 Å². The molecule has 0 aliphatic carbocycles. The Kier molecular flexibility index (Phi) is 6.72. The minimum Gasteiger partial charge on any atom is -0.488 e. The number of hydrogen-bond donors (Lipinski definition) is 0. The zero-order valence-corrected chi connectivity index (χ0v) is 11.4. The molecule has 0 aliphatic heterocycles. The maximum atomic E-state index is 11.8. The fraction of sp³-hybridized carbons (Fsp3) is 0.636. The van der Waals surface area contributed by atoms with E-state index < -0.39 is 16.7 Å². The monoisotopic (exact) mass is 262 g/mol. The van der Waals surface area contributed by atoms with Gasteiger partial charge in [0.2, 0.25) is 4.75 Å². The smallest absolute Gasteiger partial charge is 0.333 e. The van der Waals surface area contributed by atoms with Crippen LogP contribution in [-0.2, 0) is 23.8 Å². The molecule has 6 heteroatoms. The number of carbonyl (C=O) groups excluding carboxylic acids is 2. The third-order valence-electron chi connectivity index (χ3n) is 1.86. The third-order valence-corrected chi connectivity index (χ3v) is 2.95. The Hall–Kier alpha value is -1.17. The summed E-state index contributed by atoms with van der Waals surface area (Å²) in [5.74, 6) is -1.36. The highest BCUT2D eigenvalue weighted by Crippen LogP contribution is 2.34. The summed E-state index contributed by atoms with van der Waals surface area (Å²) in [7, 11) is 1.21. The molecule has 0 saturated heterocycles. The molecule has 0 N–H and O–H groups in total. The van der Waals surface area contributed by atoms with Crippen LogP contribution in [0.2, 0.25) is 0 Å². The molecule has 0 rings (SSSR count). The molecular formula is C11H18O5S. The Morgan fingerprint density at radius 1 is 1.18 bits per heavy atom. The molecule has 0 aromatic rings. The van der Waals surface area contributed by atoms with Crippen LogP contribution >= 0.6 is 11.8 Å². The highest BCUT2D eigenvalue weighted by atomic mass is 32.2. The molecule has 0 aromatic carbocycles. The summed E-state index contributed by atoms with van der Waals surface area (Å²) in [6, 6.07) is 0. The van der Waals surface area contributed by atoms with Crippen LogP contribution in [0.1, 0.15) is 20.8 Å². The van der Waals surface area contributed by atoms with E-state index in [9.17, 15) is 9.59 Å². The number of hydrogen-bond acceptors (Lipinski definition) is 6. The van der Waals surface area contributed by atoms with Crippen LogP contribution in [0.3, 0.4) is 0 Å².